The summed E-state index contributed by atoms with van der Waals surface area (Å²) in [4.78, 5) is 0. The van der Waals surface area contributed by atoms with Gasteiger partial charge in [-0.2, -0.15) is 0 Å². The first-order valence-electron chi connectivity index (χ1n) is 0.500. The predicted molar refractivity (Wildman–Crippen MR) is 14.7 cm³/mol. The van der Waals surface area contributed by atoms with Gasteiger partial charge in [-0.25, -0.2) is 0 Å². The summed E-state index contributed by atoms with van der Waals surface area (Å²) in [5, 5.41) is 0. The maximum atomic E-state index is 8.44. The zero-order valence-corrected chi connectivity index (χ0v) is 5.03. The topological polar surface area (TPSA) is 98.2 Å². The second-order valence-corrected chi connectivity index (χ2v) is 0.612. The van der Waals surface area contributed by atoms with Crippen LogP contribution in [0.15, 0.2) is 0 Å². The van der Waals surface area contributed by atoms with Crippen LogP contribution in [0.25, 0.3) is 0 Å². The minimum absolute atomic E-state index is 0. The Morgan fingerprint density at radius 1 is 1.33 bits per heavy atom. The zero-order chi connectivity index (χ0) is 3.58. The first kappa shape index (κ1) is 15.9. The van der Waals surface area contributed by atoms with Gasteiger partial charge in [-0.05, 0) is 0 Å². The van der Waals surface area contributed by atoms with Crippen LogP contribution in [-0.4, -0.2) is 13.3 Å². The largest absolute Gasteiger partial charge is 2.00 e. The summed E-state index contributed by atoms with van der Waals surface area (Å²) in [6.45, 7) is 0. The summed E-state index contributed by atoms with van der Waals surface area (Å²) < 4.78 is 25.3. The van der Waals surface area contributed by atoms with Crippen LogP contribution >= 0.6 is 0 Å². The van der Waals surface area contributed by atoms with Gasteiger partial charge in [0.15, 0.2) is 0 Å². The Kier molecular flexibility index (Phi) is 24.4. The molecule has 0 bridgehead atoms. The standard InChI is InChI=1S/H3N.H2O3S.Pd/c;1-4(2)3;/h1H3;(H2,1,2,3);/q;;+2/p-2. The molecule has 0 unspecified atom stereocenters. The average molecular weight is 204 g/mol. The van der Waals surface area contributed by atoms with E-state index in [1.54, 1.807) is 0 Å². The Balaban J connectivity index is -0.0000000450. The van der Waals surface area contributed by atoms with Crippen LogP contribution in [0.1, 0.15) is 0 Å². The average Bonchev–Trinajstić information content (AvgIpc) is 0.811. The van der Waals surface area contributed by atoms with E-state index in [-0.39, 0.29) is 26.6 Å². The van der Waals surface area contributed by atoms with Gasteiger partial charge in [-0.1, -0.05) is 0 Å². The number of rotatable bonds is 0. The summed E-state index contributed by atoms with van der Waals surface area (Å²) in [6, 6.07) is 0. The molecule has 0 radical (unpaired) electrons. The summed E-state index contributed by atoms with van der Waals surface area (Å²) >= 11 is -3.11. The molecule has 0 amide bonds. The molecule has 6 heavy (non-hydrogen) atoms. The Morgan fingerprint density at radius 2 is 1.33 bits per heavy atom. The van der Waals surface area contributed by atoms with Gasteiger partial charge in [0.25, 0.3) is 0 Å². The summed E-state index contributed by atoms with van der Waals surface area (Å²) in [6.07, 6.45) is 0. The van der Waals surface area contributed by atoms with Crippen molar-refractivity contribution in [3.63, 3.8) is 0 Å². The molecular weight excluding hydrogens is 200 g/mol. The molecule has 0 aliphatic carbocycles. The fraction of sp³-hybridized carbons (Fsp3) is 0. The van der Waals surface area contributed by atoms with Gasteiger partial charge in [0.1, 0.15) is 0 Å². The van der Waals surface area contributed by atoms with Crippen LogP contribution in [-0.2, 0) is 31.8 Å². The van der Waals surface area contributed by atoms with Crippen molar-refractivity contribution in [2.24, 2.45) is 0 Å². The molecule has 3 N–H and O–H groups in total. The summed E-state index contributed by atoms with van der Waals surface area (Å²) in [5.74, 6) is 0. The molecule has 0 aromatic carbocycles. The third-order valence-corrected chi connectivity index (χ3v) is 0. The third-order valence-electron chi connectivity index (χ3n) is 0. The maximum Gasteiger partial charge on any atom is 2.00 e. The van der Waals surface area contributed by atoms with E-state index in [1.165, 1.54) is 0 Å². The Morgan fingerprint density at radius 3 is 1.33 bits per heavy atom. The van der Waals surface area contributed by atoms with E-state index in [4.69, 9.17) is 13.3 Å². The molecule has 0 saturated heterocycles. The molecule has 0 saturated carbocycles. The van der Waals surface area contributed by atoms with E-state index >= 15 is 0 Å². The molecule has 0 aliphatic heterocycles. The van der Waals surface area contributed by atoms with Crippen molar-refractivity contribution in [1.82, 2.24) is 6.15 Å². The van der Waals surface area contributed by atoms with Crippen molar-refractivity contribution in [2.45, 2.75) is 0 Å². The van der Waals surface area contributed by atoms with E-state index < -0.39 is 11.4 Å². The second-order valence-electron chi connectivity index (χ2n) is 0.204. The predicted octanol–water partition coefficient (Wildman–Crippen LogP) is -0.845. The molecule has 0 spiro atoms. The smallest absolute Gasteiger partial charge is 0.784 e. The van der Waals surface area contributed by atoms with Crippen molar-refractivity contribution >= 4 is 11.4 Å². The molecular formula is H3NO3PdS. The van der Waals surface area contributed by atoms with Crippen molar-refractivity contribution in [3.05, 3.63) is 0 Å². The molecule has 0 aromatic rings. The third kappa shape index (κ3) is 133. The van der Waals surface area contributed by atoms with Gasteiger partial charge >= 0.3 is 20.4 Å². The molecule has 42 valence electrons. The van der Waals surface area contributed by atoms with Gasteiger partial charge in [0, 0.05) is 0 Å². The first-order chi connectivity index (χ1) is 1.73. The fourth-order valence-electron chi connectivity index (χ4n) is 0. The van der Waals surface area contributed by atoms with Gasteiger partial charge < -0.3 is 15.3 Å². The van der Waals surface area contributed by atoms with E-state index in [0.717, 1.165) is 0 Å². The Labute approximate surface area is 51.7 Å². The fourth-order valence-corrected chi connectivity index (χ4v) is 0. The van der Waals surface area contributed by atoms with Crippen molar-refractivity contribution in [1.29, 1.82) is 0 Å². The molecule has 4 nitrogen and oxygen atoms in total. The molecule has 0 aliphatic rings. The van der Waals surface area contributed by atoms with E-state index in [2.05, 4.69) is 0 Å². The quantitative estimate of drug-likeness (QED) is 0.410. The van der Waals surface area contributed by atoms with Crippen LogP contribution < -0.4 is 6.15 Å². The molecule has 0 heterocycles. The van der Waals surface area contributed by atoms with E-state index in [1.807, 2.05) is 0 Å². The monoisotopic (exact) mass is 203 g/mol. The number of hydrogen-bond acceptors (Lipinski definition) is 4. The van der Waals surface area contributed by atoms with Crippen molar-refractivity contribution < 1.29 is 33.7 Å². The van der Waals surface area contributed by atoms with Crippen LogP contribution in [0, 0.1) is 0 Å². The van der Waals surface area contributed by atoms with E-state index in [9.17, 15) is 0 Å². The van der Waals surface area contributed by atoms with Crippen molar-refractivity contribution in [3.8, 4) is 0 Å². The second kappa shape index (κ2) is 9.19. The molecule has 0 fully saturated rings. The van der Waals surface area contributed by atoms with Gasteiger partial charge in [0.2, 0.25) is 0 Å². The first-order valence-corrected chi connectivity index (χ1v) is 1.50. The molecule has 0 rings (SSSR count). The SMILES string of the molecule is N.O=S([O-])[O-].[Pd+2]. The van der Waals surface area contributed by atoms with Crippen LogP contribution in [0.4, 0.5) is 0 Å². The van der Waals surface area contributed by atoms with Crippen molar-refractivity contribution in [2.75, 3.05) is 0 Å². The summed E-state index contributed by atoms with van der Waals surface area (Å²) in [7, 11) is 0. The van der Waals surface area contributed by atoms with E-state index in [0.29, 0.717) is 0 Å². The van der Waals surface area contributed by atoms with Crippen LogP contribution in [0.3, 0.4) is 0 Å². The van der Waals surface area contributed by atoms with Crippen LogP contribution in [0.2, 0.25) is 0 Å². The Bertz CT molecular complexity index is 33.8. The van der Waals surface area contributed by atoms with Gasteiger partial charge in [-0.3, -0.25) is 4.21 Å². The summed E-state index contributed by atoms with van der Waals surface area (Å²) in [5.41, 5.74) is 0. The minimum atomic E-state index is -3.11. The molecule has 6 heteroatoms. The molecule has 0 aromatic heterocycles. The Hall–Kier alpha value is 0.692. The normalized spacial score (nSPS) is 5.83. The minimum Gasteiger partial charge on any atom is -0.784 e. The maximum absolute atomic E-state index is 8.44. The van der Waals surface area contributed by atoms with Crippen LogP contribution in [0.5, 0.6) is 0 Å². The zero-order valence-electron chi connectivity index (χ0n) is 2.66. The van der Waals surface area contributed by atoms with Gasteiger partial charge in [0.05, 0.1) is 0 Å². The number of hydrogen-bond donors (Lipinski definition) is 1. The molecule has 0 atom stereocenters. The van der Waals surface area contributed by atoms with Gasteiger partial charge in [-0.15, -0.1) is 11.4 Å².